The third-order valence-electron chi connectivity index (χ3n) is 4.29. The Morgan fingerprint density at radius 3 is 2.50 bits per heavy atom. The Bertz CT molecular complexity index is 596. The molecule has 2 aromatic rings. The van der Waals surface area contributed by atoms with Crippen molar-refractivity contribution in [3.8, 4) is 0 Å². The normalized spacial score (nSPS) is 13.7. The topological polar surface area (TPSA) is 58.4 Å². The van der Waals surface area contributed by atoms with Gasteiger partial charge in [0, 0.05) is 6.54 Å². The lowest BCUT2D eigenvalue weighted by molar-refractivity contribution is -0.122. The van der Waals surface area contributed by atoms with E-state index in [0.717, 1.165) is 18.7 Å². The molecule has 2 unspecified atom stereocenters. The first kappa shape index (κ1) is 18.6. The fraction of sp³-hybridized carbons (Fsp3) is 0.421. The van der Waals surface area contributed by atoms with Crippen molar-refractivity contribution < 1.29 is 4.79 Å². The van der Waals surface area contributed by atoms with E-state index in [0.29, 0.717) is 13.0 Å². The molecule has 0 saturated carbocycles. The number of nitrogens with one attached hydrogen (secondary N) is 1. The van der Waals surface area contributed by atoms with E-state index in [1.54, 1.807) is 11.3 Å². The minimum atomic E-state index is -0.521. The second-order valence-corrected chi connectivity index (χ2v) is 6.62. The van der Waals surface area contributed by atoms with Gasteiger partial charge in [0.15, 0.2) is 0 Å². The van der Waals surface area contributed by atoms with E-state index < -0.39 is 6.04 Å². The molecule has 130 valence electrons. The maximum atomic E-state index is 12.4. The molecular weight excluding hydrogens is 318 g/mol. The lowest BCUT2D eigenvalue weighted by atomic mass is 10.1. The lowest BCUT2D eigenvalue weighted by Gasteiger charge is -2.29. The van der Waals surface area contributed by atoms with Gasteiger partial charge < -0.3 is 11.1 Å². The van der Waals surface area contributed by atoms with Crippen molar-refractivity contribution in [2.75, 3.05) is 19.6 Å². The van der Waals surface area contributed by atoms with Gasteiger partial charge in [0.05, 0.1) is 12.1 Å². The molecule has 2 atom stereocenters. The number of hydrogen-bond donors (Lipinski definition) is 2. The molecule has 0 spiro atoms. The van der Waals surface area contributed by atoms with Crippen LogP contribution in [0.5, 0.6) is 0 Å². The zero-order valence-electron chi connectivity index (χ0n) is 14.4. The molecule has 0 aliphatic carbocycles. The summed E-state index contributed by atoms with van der Waals surface area (Å²) in [6.45, 7) is 6.77. The Labute approximate surface area is 148 Å². The summed E-state index contributed by atoms with van der Waals surface area (Å²) < 4.78 is 0. The highest BCUT2D eigenvalue weighted by molar-refractivity contribution is 7.07. The predicted molar refractivity (Wildman–Crippen MR) is 101 cm³/mol. The number of nitrogens with two attached hydrogens (primary N) is 1. The number of carbonyl (C=O) groups is 1. The molecule has 1 amide bonds. The van der Waals surface area contributed by atoms with Gasteiger partial charge >= 0.3 is 0 Å². The van der Waals surface area contributed by atoms with Crippen LogP contribution in [0.4, 0.5) is 0 Å². The molecule has 1 aromatic carbocycles. The van der Waals surface area contributed by atoms with E-state index in [1.165, 1.54) is 5.56 Å². The zero-order chi connectivity index (χ0) is 17.4. The van der Waals surface area contributed by atoms with E-state index in [-0.39, 0.29) is 11.9 Å². The summed E-state index contributed by atoms with van der Waals surface area (Å²) in [6, 6.07) is 11.7. The zero-order valence-corrected chi connectivity index (χ0v) is 15.3. The van der Waals surface area contributed by atoms with Crippen LogP contribution in [0.15, 0.2) is 47.2 Å². The molecule has 1 heterocycles. The van der Waals surface area contributed by atoms with E-state index >= 15 is 0 Å². The number of hydrogen-bond acceptors (Lipinski definition) is 4. The predicted octanol–water partition coefficient (Wildman–Crippen LogP) is 2.82. The van der Waals surface area contributed by atoms with E-state index in [4.69, 9.17) is 5.73 Å². The van der Waals surface area contributed by atoms with Crippen LogP contribution in [-0.4, -0.2) is 36.5 Å². The SMILES string of the molecule is CCN(CC)C(CNC(=O)C(N)Cc1ccccc1)c1ccsc1. The quantitative estimate of drug-likeness (QED) is 0.735. The Balaban J connectivity index is 1.94. The molecule has 0 bridgehead atoms. The van der Waals surface area contributed by atoms with Crippen LogP contribution in [-0.2, 0) is 11.2 Å². The monoisotopic (exact) mass is 345 g/mol. The average molecular weight is 346 g/mol. The van der Waals surface area contributed by atoms with Crippen LogP contribution >= 0.6 is 11.3 Å². The summed E-state index contributed by atoms with van der Waals surface area (Å²) in [5.41, 5.74) is 8.40. The molecule has 0 saturated heterocycles. The number of likely N-dealkylation sites (N-methyl/N-ethyl adjacent to an activating group) is 1. The number of benzene rings is 1. The van der Waals surface area contributed by atoms with Crippen LogP contribution in [0, 0.1) is 0 Å². The minimum absolute atomic E-state index is 0.0914. The van der Waals surface area contributed by atoms with Crippen molar-refractivity contribution in [2.24, 2.45) is 5.73 Å². The third-order valence-corrected chi connectivity index (χ3v) is 4.99. The summed E-state index contributed by atoms with van der Waals surface area (Å²) in [7, 11) is 0. The summed E-state index contributed by atoms with van der Waals surface area (Å²) in [4.78, 5) is 14.7. The number of rotatable bonds is 9. The Morgan fingerprint density at radius 2 is 1.92 bits per heavy atom. The number of nitrogens with zero attached hydrogens (tertiary/aromatic N) is 1. The van der Waals surface area contributed by atoms with Crippen LogP contribution in [0.25, 0.3) is 0 Å². The largest absolute Gasteiger partial charge is 0.353 e. The molecule has 3 N–H and O–H groups in total. The highest BCUT2D eigenvalue weighted by atomic mass is 32.1. The molecule has 0 fully saturated rings. The van der Waals surface area contributed by atoms with Crippen molar-refractivity contribution in [2.45, 2.75) is 32.4 Å². The van der Waals surface area contributed by atoms with Crippen LogP contribution in [0.2, 0.25) is 0 Å². The molecule has 0 aliphatic rings. The maximum Gasteiger partial charge on any atom is 0.237 e. The van der Waals surface area contributed by atoms with Gasteiger partial charge in [0.25, 0.3) is 0 Å². The standard InChI is InChI=1S/C19H27N3OS/c1-3-22(4-2)18(16-10-11-24-14-16)13-21-19(23)17(20)12-15-8-6-5-7-9-15/h5-11,14,17-18H,3-4,12-13,20H2,1-2H3,(H,21,23). The molecule has 4 nitrogen and oxygen atoms in total. The summed E-state index contributed by atoms with van der Waals surface area (Å²) in [5.74, 6) is -0.0914. The van der Waals surface area contributed by atoms with Crippen molar-refractivity contribution in [1.29, 1.82) is 0 Å². The van der Waals surface area contributed by atoms with Crippen molar-refractivity contribution >= 4 is 17.2 Å². The second-order valence-electron chi connectivity index (χ2n) is 5.84. The molecule has 5 heteroatoms. The van der Waals surface area contributed by atoms with Gasteiger partial charge in [-0.2, -0.15) is 11.3 Å². The highest BCUT2D eigenvalue weighted by Gasteiger charge is 2.21. The summed E-state index contributed by atoms with van der Waals surface area (Å²) >= 11 is 1.68. The molecule has 2 rings (SSSR count). The fourth-order valence-electron chi connectivity index (χ4n) is 2.88. The Morgan fingerprint density at radius 1 is 1.21 bits per heavy atom. The van der Waals surface area contributed by atoms with Gasteiger partial charge in [0.1, 0.15) is 0 Å². The van der Waals surface area contributed by atoms with Gasteiger partial charge in [0.2, 0.25) is 5.91 Å². The first-order chi connectivity index (χ1) is 11.7. The Hall–Kier alpha value is -1.69. The smallest absolute Gasteiger partial charge is 0.237 e. The van der Waals surface area contributed by atoms with E-state index in [9.17, 15) is 4.79 Å². The van der Waals surface area contributed by atoms with Crippen molar-refractivity contribution in [3.63, 3.8) is 0 Å². The van der Waals surface area contributed by atoms with Gasteiger partial charge in [-0.1, -0.05) is 44.2 Å². The summed E-state index contributed by atoms with van der Waals surface area (Å²) in [6.07, 6.45) is 0.557. The molecule has 0 radical (unpaired) electrons. The fourth-order valence-corrected chi connectivity index (χ4v) is 3.58. The average Bonchev–Trinajstić information content (AvgIpc) is 3.13. The maximum absolute atomic E-state index is 12.4. The van der Waals surface area contributed by atoms with Crippen LogP contribution in [0.3, 0.4) is 0 Å². The summed E-state index contributed by atoms with van der Waals surface area (Å²) in [5, 5.41) is 7.27. The van der Waals surface area contributed by atoms with E-state index in [2.05, 4.69) is 40.9 Å². The van der Waals surface area contributed by atoms with Crippen LogP contribution in [0.1, 0.15) is 31.0 Å². The van der Waals surface area contributed by atoms with E-state index in [1.807, 2.05) is 30.3 Å². The second kappa shape index (κ2) is 9.57. The van der Waals surface area contributed by atoms with Gasteiger partial charge in [-0.25, -0.2) is 0 Å². The lowest BCUT2D eigenvalue weighted by Crippen LogP contribution is -2.45. The van der Waals surface area contributed by atoms with Gasteiger partial charge in [-0.3, -0.25) is 9.69 Å². The van der Waals surface area contributed by atoms with Gasteiger partial charge in [-0.15, -0.1) is 0 Å². The number of carbonyl (C=O) groups excluding carboxylic acids is 1. The Kier molecular flexibility index (Phi) is 7.43. The van der Waals surface area contributed by atoms with Gasteiger partial charge in [-0.05, 0) is 47.5 Å². The highest BCUT2D eigenvalue weighted by Crippen LogP contribution is 2.22. The number of amides is 1. The number of thiophene rings is 1. The molecule has 24 heavy (non-hydrogen) atoms. The molecular formula is C19H27N3OS. The first-order valence-corrected chi connectivity index (χ1v) is 9.43. The van der Waals surface area contributed by atoms with Crippen molar-refractivity contribution in [3.05, 3.63) is 58.3 Å². The molecule has 0 aliphatic heterocycles. The molecule has 1 aromatic heterocycles. The van der Waals surface area contributed by atoms with Crippen molar-refractivity contribution in [1.82, 2.24) is 10.2 Å². The van der Waals surface area contributed by atoms with Crippen LogP contribution < -0.4 is 11.1 Å². The first-order valence-electron chi connectivity index (χ1n) is 8.49. The third kappa shape index (κ3) is 5.16. The minimum Gasteiger partial charge on any atom is -0.353 e.